The van der Waals surface area contributed by atoms with Gasteiger partial charge in [0.05, 0.1) is 22.5 Å². The second-order valence-corrected chi connectivity index (χ2v) is 7.00. The lowest BCUT2D eigenvalue weighted by atomic mass is 10.0. The summed E-state index contributed by atoms with van der Waals surface area (Å²) in [5, 5.41) is 11.3. The third kappa shape index (κ3) is 3.36. The van der Waals surface area contributed by atoms with Crippen molar-refractivity contribution < 1.29 is 4.79 Å². The van der Waals surface area contributed by atoms with Crippen molar-refractivity contribution in [2.75, 3.05) is 0 Å². The Kier molecular flexibility index (Phi) is 4.60. The second kappa shape index (κ2) is 7.22. The lowest BCUT2D eigenvalue weighted by Crippen LogP contribution is -2.38. The van der Waals surface area contributed by atoms with Gasteiger partial charge in [-0.15, -0.1) is 5.10 Å². The minimum atomic E-state index is -0.342. The molecule has 0 saturated heterocycles. The third-order valence-corrected chi connectivity index (χ3v) is 4.61. The van der Waals surface area contributed by atoms with E-state index in [1.165, 1.54) is 0 Å². The summed E-state index contributed by atoms with van der Waals surface area (Å²) in [7, 11) is 0. The number of nitrogens with one attached hydrogen (secondary N) is 2. The summed E-state index contributed by atoms with van der Waals surface area (Å²) in [5.41, 5.74) is 1.92. The van der Waals surface area contributed by atoms with E-state index in [0.717, 1.165) is 15.7 Å². The van der Waals surface area contributed by atoms with E-state index < -0.39 is 0 Å². The number of rotatable bonds is 5. The number of nitrogens with zero attached hydrogens (tertiary/aromatic N) is 4. The van der Waals surface area contributed by atoms with Crippen LogP contribution in [0.25, 0.3) is 21.9 Å². The molecule has 0 aliphatic rings. The van der Waals surface area contributed by atoms with E-state index in [4.69, 9.17) is 0 Å². The van der Waals surface area contributed by atoms with E-state index in [-0.39, 0.29) is 30.0 Å². The van der Waals surface area contributed by atoms with Gasteiger partial charge in [-0.3, -0.25) is 9.59 Å². The number of aromatic nitrogens is 5. The lowest BCUT2D eigenvalue weighted by Gasteiger charge is -2.20. The van der Waals surface area contributed by atoms with Crippen molar-refractivity contribution in [3.05, 3.63) is 64.7 Å². The number of benzene rings is 2. The molecule has 4 aromatic rings. The number of hydrogen-bond donors (Lipinski definition) is 2. The molecule has 2 aromatic carbocycles. The first kappa shape index (κ1) is 17.8. The van der Waals surface area contributed by atoms with E-state index in [1.54, 1.807) is 24.3 Å². The van der Waals surface area contributed by atoms with Crippen molar-refractivity contribution >= 4 is 27.8 Å². The van der Waals surface area contributed by atoms with Gasteiger partial charge < -0.3 is 10.3 Å². The largest absolute Gasteiger partial charge is 0.344 e. The molecule has 2 aromatic heterocycles. The summed E-state index contributed by atoms with van der Waals surface area (Å²) in [4.78, 5) is 33.0. The van der Waals surface area contributed by atoms with Crippen LogP contribution in [0, 0.1) is 5.92 Å². The Morgan fingerprint density at radius 3 is 2.57 bits per heavy atom. The minimum Gasteiger partial charge on any atom is -0.344 e. The molecule has 1 amide bonds. The van der Waals surface area contributed by atoms with Crippen LogP contribution < -0.4 is 10.9 Å². The van der Waals surface area contributed by atoms with Crippen molar-refractivity contribution in [2.24, 2.45) is 5.92 Å². The molecule has 8 heteroatoms. The molecule has 142 valence electrons. The maximum absolute atomic E-state index is 12.6. The van der Waals surface area contributed by atoms with Gasteiger partial charge >= 0.3 is 0 Å². The molecule has 4 rings (SSSR count). The van der Waals surface area contributed by atoms with Gasteiger partial charge in [0, 0.05) is 0 Å². The first-order chi connectivity index (χ1) is 13.5. The van der Waals surface area contributed by atoms with Crippen LogP contribution in [-0.4, -0.2) is 30.9 Å². The Bertz CT molecular complexity index is 1180. The maximum atomic E-state index is 12.6. The van der Waals surface area contributed by atoms with Crippen LogP contribution >= 0.6 is 0 Å². The maximum Gasteiger partial charge on any atom is 0.278 e. The van der Waals surface area contributed by atoms with Crippen LogP contribution in [0.1, 0.15) is 25.7 Å². The Labute approximate surface area is 160 Å². The van der Waals surface area contributed by atoms with Gasteiger partial charge in [-0.2, -0.15) is 0 Å². The average molecular weight is 376 g/mol. The number of amides is 1. The molecule has 0 radical (unpaired) electrons. The van der Waals surface area contributed by atoms with Crippen LogP contribution in [-0.2, 0) is 11.3 Å². The summed E-state index contributed by atoms with van der Waals surface area (Å²) in [6, 6.07) is 14.3. The van der Waals surface area contributed by atoms with Gasteiger partial charge in [-0.1, -0.05) is 43.3 Å². The van der Waals surface area contributed by atoms with Gasteiger partial charge in [0.15, 0.2) is 0 Å². The van der Waals surface area contributed by atoms with Crippen LogP contribution in [0.15, 0.2) is 53.3 Å². The summed E-state index contributed by atoms with van der Waals surface area (Å²) in [6.07, 6.45) is 0. The zero-order chi connectivity index (χ0) is 19.7. The molecule has 0 bridgehead atoms. The van der Waals surface area contributed by atoms with Crippen molar-refractivity contribution in [3.8, 4) is 0 Å². The molecule has 8 nitrogen and oxygen atoms in total. The summed E-state index contributed by atoms with van der Waals surface area (Å²) < 4.78 is 1.08. The summed E-state index contributed by atoms with van der Waals surface area (Å²) in [6.45, 7) is 3.79. The van der Waals surface area contributed by atoms with Crippen LogP contribution in [0.2, 0.25) is 0 Å². The van der Waals surface area contributed by atoms with E-state index in [1.807, 2.05) is 38.1 Å². The standard InChI is InChI=1S/C20H20N6O2/c1-12(2)18(19-21-15-9-5-6-10-16(15)22-19)23-17(27)11-26-20(28)13-7-3-4-8-14(13)24-25-26/h3-10,12,18H,11H2,1-2H3,(H,21,22)(H,23,27). The molecule has 28 heavy (non-hydrogen) atoms. The minimum absolute atomic E-state index is 0.101. The molecule has 0 aliphatic carbocycles. The highest BCUT2D eigenvalue weighted by Gasteiger charge is 2.22. The monoisotopic (exact) mass is 376 g/mol. The van der Waals surface area contributed by atoms with Crippen molar-refractivity contribution in [3.63, 3.8) is 0 Å². The highest BCUT2D eigenvalue weighted by Crippen LogP contribution is 2.22. The van der Waals surface area contributed by atoms with E-state index in [9.17, 15) is 9.59 Å². The van der Waals surface area contributed by atoms with Crippen molar-refractivity contribution in [1.82, 2.24) is 30.3 Å². The summed E-state index contributed by atoms with van der Waals surface area (Å²) >= 11 is 0. The first-order valence-electron chi connectivity index (χ1n) is 9.09. The lowest BCUT2D eigenvalue weighted by molar-refractivity contribution is -0.123. The Morgan fingerprint density at radius 2 is 1.82 bits per heavy atom. The number of para-hydroxylation sites is 2. The van der Waals surface area contributed by atoms with E-state index in [2.05, 4.69) is 25.6 Å². The molecule has 0 saturated carbocycles. The number of carbonyl (C=O) groups is 1. The predicted octanol–water partition coefficient (Wildman–Crippen LogP) is 2.18. The predicted molar refractivity (Wildman–Crippen MR) is 106 cm³/mol. The molecule has 0 aliphatic heterocycles. The fourth-order valence-electron chi connectivity index (χ4n) is 3.15. The summed E-state index contributed by atoms with van der Waals surface area (Å²) in [5.74, 6) is 0.455. The Morgan fingerprint density at radius 1 is 1.11 bits per heavy atom. The highest BCUT2D eigenvalue weighted by molar-refractivity contribution is 5.79. The number of aromatic amines is 1. The fraction of sp³-hybridized carbons (Fsp3) is 0.250. The van der Waals surface area contributed by atoms with Gasteiger partial charge in [0.1, 0.15) is 17.9 Å². The smallest absolute Gasteiger partial charge is 0.278 e. The quantitative estimate of drug-likeness (QED) is 0.555. The number of fused-ring (bicyclic) bond motifs is 2. The topological polar surface area (TPSA) is 106 Å². The van der Waals surface area contributed by atoms with Gasteiger partial charge in [-0.25, -0.2) is 9.67 Å². The number of imidazole rings is 1. The molecular weight excluding hydrogens is 356 g/mol. The highest BCUT2D eigenvalue weighted by atomic mass is 16.2. The molecule has 1 atom stereocenters. The van der Waals surface area contributed by atoms with E-state index in [0.29, 0.717) is 16.7 Å². The normalized spacial score (nSPS) is 12.5. The Balaban J connectivity index is 1.57. The fourth-order valence-corrected chi connectivity index (χ4v) is 3.15. The third-order valence-electron chi connectivity index (χ3n) is 4.61. The SMILES string of the molecule is CC(C)C(NC(=O)Cn1nnc2ccccc2c1=O)c1nc2ccccc2[nH]1. The van der Waals surface area contributed by atoms with Crippen molar-refractivity contribution in [2.45, 2.75) is 26.4 Å². The van der Waals surface area contributed by atoms with Crippen LogP contribution in [0.3, 0.4) is 0 Å². The number of hydrogen-bond acceptors (Lipinski definition) is 5. The van der Waals surface area contributed by atoms with Gasteiger partial charge in [-0.05, 0) is 30.2 Å². The average Bonchev–Trinajstić information content (AvgIpc) is 3.12. The molecule has 2 heterocycles. The van der Waals surface area contributed by atoms with Crippen LogP contribution in [0.4, 0.5) is 0 Å². The second-order valence-electron chi connectivity index (χ2n) is 7.00. The first-order valence-corrected chi connectivity index (χ1v) is 9.09. The molecule has 0 fully saturated rings. The van der Waals surface area contributed by atoms with Gasteiger partial charge in [0.2, 0.25) is 5.91 Å². The number of carbonyl (C=O) groups excluding carboxylic acids is 1. The zero-order valence-electron chi connectivity index (χ0n) is 15.6. The Hall–Kier alpha value is -3.55. The van der Waals surface area contributed by atoms with Gasteiger partial charge in [0.25, 0.3) is 5.56 Å². The zero-order valence-corrected chi connectivity index (χ0v) is 15.6. The van der Waals surface area contributed by atoms with Crippen molar-refractivity contribution in [1.29, 1.82) is 0 Å². The molecule has 0 spiro atoms. The molecular formula is C20H20N6O2. The van der Waals surface area contributed by atoms with Crippen LogP contribution in [0.5, 0.6) is 0 Å². The molecule has 2 N–H and O–H groups in total. The molecule has 1 unspecified atom stereocenters. The van der Waals surface area contributed by atoms with E-state index >= 15 is 0 Å². The number of H-pyrrole nitrogens is 1.